The largest absolute Gasteiger partial charge is 0.326 e. The number of nitrogens with zero attached hydrogens (tertiary/aromatic N) is 1. The number of amides is 2. The Bertz CT molecular complexity index is 821. The predicted octanol–water partition coefficient (Wildman–Crippen LogP) is 3.76. The summed E-state index contributed by atoms with van der Waals surface area (Å²) in [6.07, 6.45) is 2.45. The van der Waals surface area contributed by atoms with Gasteiger partial charge in [0.05, 0.1) is 6.54 Å². The van der Waals surface area contributed by atoms with Crippen LogP contribution in [0.1, 0.15) is 30.4 Å². The molecule has 0 atom stereocenters. The number of fused-ring (bicyclic) bond motifs is 1. The van der Waals surface area contributed by atoms with Gasteiger partial charge in [-0.3, -0.25) is 9.59 Å². The first-order valence-electron chi connectivity index (χ1n) is 9.19. The maximum Gasteiger partial charge on any atom is 0.227 e. The van der Waals surface area contributed by atoms with Gasteiger partial charge in [0.1, 0.15) is 0 Å². The number of anilines is 2. The third kappa shape index (κ3) is 5.08. The van der Waals surface area contributed by atoms with Gasteiger partial charge in [0.15, 0.2) is 0 Å². The number of carbonyl (C=O) groups is 2. The first-order chi connectivity index (χ1) is 13.1. The fourth-order valence-corrected chi connectivity index (χ4v) is 3.36. The molecule has 0 bridgehead atoms. The predicted molar refractivity (Wildman–Crippen MR) is 109 cm³/mol. The number of nitrogens with one attached hydrogen (secondary N) is 2. The molecule has 2 amide bonds. The van der Waals surface area contributed by atoms with Gasteiger partial charge in [-0.25, -0.2) is 0 Å². The van der Waals surface area contributed by atoms with Gasteiger partial charge in [-0.1, -0.05) is 23.7 Å². The van der Waals surface area contributed by atoms with Crippen LogP contribution in [0.4, 0.5) is 11.4 Å². The highest BCUT2D eigenvalue weighted by atomic mass is 35.5. The Morgan fingerprint density at radius 3 is 2.67 bits per heavy atom. The van der Waals surface area contributed by atoms with Crippen molar-refractivity contribution in [3.8, 4) is 0 Å². The molecule has 0 radical (unpaired) electrons. The van der Waals surface area contributed by atoms with E-state index in [1.165, 1.54) is 0 Å². The molecular formula is C21H24ClN3O2. The van der Waals surface area contributed by atoms with E-state index in [1.54, 1.807) is 4.90 Å². The number of halogens is 1. The highest BCUT2D eigenvalue weighted by Crippen LogP contribution is 2.31. The molecule has 0 unspecified atom stereocenters. The Kier molecular flexibility index (Phi) is 6.48. The Morgan fingerprint density at radius 2 is 1.93 bits per heavy atom. The zero-order chi connectivity index (χ0) is 19.2. The second-order valence-electron chi connectivity index (χ2n) is 6.71. The second-order valence-corrected chi connectivity index (χ2v) is 7.14. The second kappa shape index (κ2) is 9.02. The standard InChI is InChI=1S/C21H24ClN3O2/c1-23-12-2-3-20(26)24-18-9-10-19-16(13-18)6-11-21(27)25(19)14-15-4-7-17(22)8-5-15/h4-5,7-10,13,23H,2-3,6,11-12,14H2,1H3,(H,24,26). The normalized spacial score (nSPS) is 13.4. The van der Waals surface area contributed by atoms with Crippen LogP contribution in [0.15, 0.2) is 42.5 Å². The number of carbonyl (C=O) groups excluding carboxylic acids is 2. The van der Waals surface area contributed by atoms with E-state index in [0.717, 1.165) is 35.5 Å². The molecule has 3 rings (SSSR count). The van der Waals surface area contributed by atoms with Gasteiger partial charge >= 0.3 is 0 Å². The molecule has 5 nitrogen and oxygen atoms in total. The van der Waals surface area contributed by atoms with Crippen molar-refractivity contribution < 1.29 is 9.59 Å². The molecule has 0 fully saturated rings. The van der Waals surface area contributed by atoms with Crippen molar-refractivity contribution in [3.63, 3.8) is 0 Å². The minimum absolute atomic E-state index is 0.00936. The van der Waals surface area contributed by atoms with Crippen LogP contribution < -0.4 is 15.5 Å². The minimum atomic E-state index is 0.00936. The lowest BCUT2D eigenvalue weighted by Gasteiger charge is -2.30. The topological polar surface area (TPSA) is 61.4 Å². The molecule has 0 saturated heterocycles. The van der Waals surface area contributed by atoms with Crippen molar-refractivity contribution in [3.05, 3.63) is 58.6 Å². The number of rotatable bonds is 7. The average molecular weight is 386 g/mol. The zero-order valence-corrected chi connectivity index (χ0v) is 16.2. The van der Waals surface area contributed by atoms with E-state index in [1.807, 2.05) is 49.5 Å². The van der Waals surface area contributed by atoms with Crippen molar-refractivity contribution in [2.75, 3.05) is 23.8 Å². The smallest absolute Gasteiger partial charge is 0.227 e. The van der Waals surface area contributed by atoms with Crippen LogP contribution in [0.3, 0.4) is 0 Å². The zero-order valence-electron chi connectivity index (χ0n) is 15.4. The van der Waals surface area contributed by atoms with Crippen LogP contribution in [0.25, 0.3) is 0 Å². The van der Waals surface area contributed by atoms with E-state index >= 15 is 0 Å². The van der Waals surface area contributed by atoms with E-state index in [9.17, 15) is 9.59 Å². The summed E-state index contributed by atoms with van der Waals surface area (Å²) in [5.41, 5.74) is 3.80. The highest BCUT2D eigenvalue weighted by Gasteiger charge is 2.24. The molecule has 0 spiro atoms. The third-order valence-corrected chi connectivity index (χ3v) is 4.90. The number of aryl methyl sites for hydroxylation is 1. The van der Waals surface area contributed by atoms with Gasteiger partial charge < -0.3 is 15.5 Å². The Labute approximate surface area is 164 Å². The number of hydrogen-bond acceptors (Lipinski definition) is 3. The fraction of sp³-hybridized carbons (Fsp3) is 0.333. The molecule has 6 heteroatoms. The van der Waals surface area contributed by atoms with Gasteiger partial charge in [0.2, 0.25) is 11.8 Å². The van der Waals surface area contributed by atoms with Crippen molar-refractivity contribution in [2.24, 2.45) is 0 Å². The third-order valence-electron chi connectivity index (χ3n) is 4.65. The van der Waals surface area contributed by atoms with E-state index in [2.05, 4.69) is 10.6 Å². The summed E-state index contributed by atoms with van der Waals surface area (Å²) in [5, 5.41) is 6.66. The van der Waals surface area contributed by atoms with Gasteiger partial charge in [-0.2, -0.15) is 0 Å². The summed E-state index contributed by atoms with van der Waals surface area (Å²) < 4.78 is 0. The molecule has 1 aliphatic rings. The van der Waals surface area contributed by atoms with Crippen LogP contribution in [0.2, 0.25) is 5.02 Å². The summed E-state index contributed by atoms with van der Waals surface area (Å²) in [5.74, 6) is 0.122. The van der Waals surface area contributed by atoms with Crippen LogP contribution >= 0.6 is 11.6 Å². The van der Waals surface area contributed by atoms with E-state index in [-0.39, 0.29) is 11.8 Å². The van der Waals surface area contributed by atoms with Crippen molar-refractivity contribution >= 4 is 34.8 Å². The molecule has 2 aromatic rings. The lowest BCUT2D eigenvalue weighted by molar-refractivity contribution is -0.119. The Balaban J connectivity index is 1.72. The van der Waals surface area contributed by atoms with Crippen LogP contribution in [-0.2, 0) is 22.6 Å². The van der Waals surface area contributed by atoms with Crippen LogP contribution in [0.5, 0.6) is 0 Å². The maximum absolute atomic E-state index is 12.5. The molecule has 0 saturated carbocycles. The first kappa shape index (κ1) is 19.4. The monoisotopic (exact) mass is 385 g/mol. The SMILES string of the molecule is CNCCCC(=O)Nc1ccc2c(c1)CCC(=O)N2Cc1ccc(Cl)cc1. The molecule has 2 aromatic carbocycles. The summed E-state index contributed by atoms with van der Waals surface area (Å²) >= 11 is 5.94. The first-order valence-corrected chi connectivity index (χ1v) is 9.57. The van der Waals surface area contributed by atoms with Crippen molar-refractivity contribution in [1.82, 2.24) is 5.32 Å². The van der Waals surface area contributed by atoms with Crippen LogP contribution in [-0.4, -0.2) is 25.4 Å². The van der Waals surface area contributed by atoms with Crippen molar-refractivity contribution in [2.45, 2.75) is 32.2 Å². The average Bonchev–Trinajstić information content (AvgIpc) is 2.66. The summed E-state index contributed by atoms with van der Waals surface area (Å²) in [4.78, 5) is 26.3. The van der Waals surface area contributed by atoms with E-state index in [0.29, 0.717) is 30.8 Å². The lowest BCUT2D eigenvalue weighted by atomic mass is 9.99. The number of benzene rings is 2. The molecule has 0 aliphatic carbocycles. The summed E-state index contributed by atoms with van der Waals surface area (Å²) in [6.45, 7) is 1.33. The highest BCUT2D eigenvalue weighted by molar-refractivity contribution is 6.30. The van der Waals surface area contributed by atoms with Crippen molar-refractivity contribution in [1.29, 1.82) is 0 Å². The van der Waals surface area contributed by atoms with E-state index < -0.39 is 0 Å². The minimum Gasteiger partial charge on any atom is -0.326 e. The lowest BCUT2D eigenvalue weighted by Crippen LogP contribution is -2.34. The van der Waals surface area contributed by atoms with Gasteiger partial charge in [0.25, 0.3) is 0 Å². The van der Waals surface area contributed by atoms with Gasteiger partial charge in [-0.05, 0) is 67.9 Å². The summed E-state index contributed by atoms with van der Waals surface area (Å²) in [6, 6.07) is 13.3. The molecule has 1 aliphatic heterocycles. The molecule has 27 heavy (non-hydrogen) atoms. The van der Waals surface area contributed by atoms with Gasteiger partial charge in [-0.15, -0.1) is 0 Å². The Morgan fingerprint density at radius 1 is 1.15 bits per heavy atom. The maximum atomic E-state index is 12.5. The Hall–Kier alpha value is -2.37. The molecule has 1 heterocycles. The number of hydrogen-bond donors (Lipinski definition) is 2. The van der Waals surface area contributed by atoms with Gasteiger partial charge in [0, 0.05) is 29.2 Å². The fourth-order valence-electron chi connectivity index (χ4n) is 3.23. The van der Waals surface area contributed by atoms with E-state index in [4.69, 9.17) is 11.6 Å². The molecule has 2 N–H and O–H groups in total. The van der Waals surface area contributed by atoms with Crippen LogP contribution in [0, 0.1) is 0 Å². The molecular weight excluding hydrogens is 362 g/mol. The molecule has 142 valence electrons. The summed E-state index contributed by atoms with van der Waals surface area (Å²) in [7, 11) is 1.87. The molecule has 0 aromatic heterocycles. The quantitative estimate of drug-likeness (QED) is 0.713.